The summed E-state index contributed by atoms with van der Waals surface area (Å²) in [5, 5.41) is 11.6. The first-order valence-electron chi connectivity index (χ1n) is 12.7. The largest absolute Gasteiger partial charge is 0.505 e. The maximum absolute atomic E-state index is 13.5. The minimum Gasteiger partial charge on any atom is -0.505 e. The van der Waals surface area contributed by atoms with Gasteiger partial charge >= 0.3 is 0 Å². The maximum atomic E-state index is 13.5. The Labute approximate surface area is 221 Å². The van der Waals surface area contributed by atoms with Crippen molar-refractivity contribution in [2.75, 3.05) is 53.6 Å². The molecule has 10 nitrogen and oxygen atoms in total. The Balaban J connectivity index is 1.58. The van der Waals surface area contributed by atoms with Crippen molar-refractivity contribution in [2.24, 2.45) is 0 Å². The third-order valence-corrected chi connectivity index (χ3v) is 7.17. The van der Waals surface area contributed by atoms with Gasteiger partial charge < -0.3 is 24.2 Å². The van der Waals surface area contributed by atoms with Crippen LogP contribution in [0.5, 0.6) is 11.5 Å². The van der Waals surface area contributed by atoms with Crippen molar-refractivity contribution in [3.63, 3.8) is 0 Å². The van der Waals surface area contributed by atoms with Crippen molar-refractivity contribution in [2.45, 2.75) is 19.4 Å². The zero-order valence-electron chi connectivity index (χ0n) is 21.8. The highest BCUT2D eigenvalue weighted by atomic mass is 16.5. The normalized spacial score (nSPS) is 19.9. The third kappa shape index (κ3) is 4.61. The molecule has 2 aliphatic rings. The standard InChI is InChI=1S/C28H32N4O6/c1-18-24(31-11-5-4-7-22(31)29-18)26(33)23-25(19-8-9-20(36-2)21(17-19)37-3)32(28(35)27(23)34)12-6-10-30-13-15-38-16-14-30/h4-5,7-9,11,17,25,33H,6,10,12-16H2,1-3H3/t25-/m1/s1. The second-order valence-corrected chi connectivity index (χ2v) is 9.39. The molecule has 1 aromatic carbocycles. The molecule has 38 heavy (non-hydrogen) atoms. The van der Waals surface area contributed by atoms with Crippen LogP contribution in [0.3, 0.4) is 0 Å². The molecular formula is C28H32N4O6. The van der Waals surface area contributed by atoms with Crippen molar-refractivity contribution in [1.29, 1.82) is 0 Å². The zero-order valence-corrected chi connectivity index (χ0v) is 21.8. The molecule has 0 saturated carbocycles. The number of hydrogen-bond donors (Lipinski definition) is 1. The van der Waals surface area contributed by atoms with E-state index in [1.807, 2.05) is 18.2 Å². The van der Waals surface area contributed by atoms with Gasteiger partial charge in [-0.05, 0) is 43.2 Å². The lowest BCUT2D eigenvalue weighted by atomic mass is 9.95. The smallest absolute Gasteiger partial charge is 0.295 e. The number of nitrogens with zero attached hydrogens (tertiary/aromatic N) is 4. The van der Waals surface area contributed by atoms with Crippen LogP contribution in [0.1, 0.15) is 29.4 Å². The van der Waals surface area contributed by atoms with Gasteiger partial charge in [0.05, 0.1) is 44.7 Å². The number of fused-ring (bicyclic) bond motifs is 1. The summed E-state index contributed by atoms with van der Waals surface area (Å²) in [5.74, 6) is -0.623. The fourth-order valence-electron chi connectivity index (χ4n) is 5.30. The molecule has 1 amide bonds. The number of rotatable bonds is 8. The molecule has 0 aliphatic carbocycles. The Morgan fingerprint density at radius 2 is 1.84 bits per heavy atom. The van der Waals surface area contributed by atoms with E-state index in [0.29, 0.717) is 60.3 Å². The monoisotopic (exact) mass is 520 g/mol. The van der Waals surface area contributed by atoms with Crippen LogP contribution in [0, 0.1) is 6.92 Å². The Morgan fingerprint density at radius 1 is 1.08 bits per heavy atom. The molecule has 5 rings (SSSR count). The number of morpholine rings is 1. The van der Waals surface area contributed by atoms with Crippen molar-refractivity contribution >= 4 is 23.1 Å². The number of amides is 1. The van der Waals surface area contributed by atoms with Crippen molar-refractivity contribution < 1.29 is 28.9 Å². The Bertz CT molecular complexity index is 1390. The van der Waals surface area contributed by atoms with Gasteiger partial charge in [-0.25, -0.2) is 4.98 Å². The molecule has 0 unspecified atom stereocenters. The average molecular weight is 521 g/mol. The first-order valence-corrected chi connectivity index (χ1v) is 12.7. The first kappa shape index (κ1) is 25.7. The number of carbonyl (C=O) groups is 2. The van der Waals surface area contributed by atoms with Gasteiger partial charge in [0.15, 0.2) is 17.3 Å². The molecule has 0 spiro atoms. The number of likely N-dealkylation sites (tertiary alicyclic amines) is 1. The molecule has 10 heteroatoms. The molecule has 1 N–H and O–H groups in total. The summed E-state index contributed by atoms with van der Waals surface area (Å²) in [5.41, 5.74) is 2.24. The number of methoxy groups -OCH3 is 2. The number of hydrogen-bond acceptors (Lipinski definition) is 8. The van der Waals surface area contributed by atoms with E-state index in [0.717, 1.165) is 19.6 Å². The molecule has 2 aliphatic heterocycles. The summed E-state index contributed by atoms with van der Waals surface area (Å²) in [4.78, 5) is 35.3. The lowest BCUT2D eigenvalue weighted by Gasteiger charge is -2.29. The van der Waals surface area contributed by atoms with Crippen LogP contribution in [-0.4, -0.2) is 89.6 Å². The Morgan fingerprint density at radius 3 is 2.58 bits per heavy atom. The fourth-order valence-corrected chi connectivity index (χ4v) is 5.30. The topological polar surface area (TPSA) is 106 Å². The summed E-state index contributed by atoms with van der Waals surface area (Å²) in [6.45, 7) is 5.95. The molecule has 0 bridgehead atoms. The number of aliphatic hydroxyl groups is 1. The van der Waals surface area contributed by atoms with Crippen LogP contribution < -0.4 is 9.47 Å². The number of ether oxygens (including phenoxy) is 3. The van der Waals surface area contributed by atoms with E-state index in [1.165, 1.54) is 7.11 Å². The van der Waals surface area contributed by atoms with E-state index in [9.17, 15) is 14.7 Å². The minimum atomic E-state index is -0.798. The fraction of sp³-hybridized carbons (Fsp3) is 0.393. The number of aromatic nitrogens is 2. The predicted molar refractivity (Wildman–Crippen MR) is 140 cm³/mol. The highest BCUT2D eigenvalue weighted by molar-refractivity contribution is 6.46. The molecule has 0 radical (unpaired) electrons. The van der Waals surface area contributed by atoms with Crippen molar-refractivity contribution in [3.8, 4) is 11.5 Å². The van der Waals surface area contributed by atoms with Crippen molar-refractivity contribution in [3.05, 3.63) is 65.1 Å². The van der Waals surface area contributed by atoms with Gasteiger partial charge in [0.25, 0.3) is 11.7 Å². The van der Waals surface area contributed by atoms with Crippen LogP contribution in [0.4, 0.5) is 0 Å². The maximum Gasteiger partial charge on any atom is 0.295 e. The van der Waals surface area contributed by atoms with Gasteiger partial charge in [-0.3, -0.25) is 18.9 Å². The summed E-state index contributed by atoms with van der Waals surface area (Å²) in [6.07, 6.45) is 2.44. The van der Waals surface area contributed by atoms with Gasteiger partial charge in [0, 0.05) is 32.4 Å². The summed E-state index contributed by atoms with van der Waals surface area (Å²) in [6, 6.07) is 9.97. The van der Waals surface area contributed by atoms with E-state index in [1.54, 1.807) is 47.7 Å². The van der Waals surface area contributed by atoms with Crippen LogP contribution >= 0.6 is 0 Å². The molecule has 2 saturated heterocycles. The number of imidazole rings is 1. The molecule has 3 aromatic rings. The summed E-state index contributed by atoms with van der Waals surface area (Å²) >= 11 is 0. The van der Waals surface area contributed by atoms with Gasteiger partial charge in [-0.1, -0.05) is 12.1 Å². The van der Waals surface area contributed by atoms with Gasteiger partial charge in [-0.2, -0.15) is 0 Å². The van der Waals surface area contributed by atoms with E-state index < -0.39 is 17.7 Å². The lowest BCUT2D eigenvalue weighted by molar-refractivity contribution is -0.140. The Hall–Kier alpha value is -3.89. The number of Topliss-reactive ketones (excluding diaryl/α,β-unsaturated/α-hetero) is 1. The van der Waals surface area contributed by atoms with Crippen LogP contribution in [0.2, 0.25) is 0 Å². The number of pyridine rings is 1. The highest BCUT2D eigenvalue weighted by Crippen LogP contribution is 2.42. The number of ketones is 1. The number of benzene rings is 1. The van der Waals surface area contributed by atoms with E-state index in [4.69, 9.17) is 14.2 Å². The lowest BCUT2D eigenvalue weighted by Crippen LogP contribution is -2.39. The van der Waals surface area contributed by atoms with Gasteiger partial charge in [0.2, 0.25) is 0 Å². The molecular weight excluding hydrogens is 488 g/mol. The molecule has 1 atom stereocenters. The van der Waals surface area contributed by atoms with Crippen LogP contribution in [-0.2, 0) is 14.3 Å². The quantitative estimate of drug-likeness (QED) is 0.275. The number of aliphatic hydroxyl groups excluding tert-OH is 1. The molecule has 4 heterocycles. The zero-order chi connectivity index (χ0) is 26.8. The Kier molecular flexibility index (Phi) is 7.35. The molecule has 200 valence electrons. The molecule has 2 aromatic heterocycles. The van der Waals surface area contributed by atoms with Gasteiger partial charge in [0.1, 0.15) is 11.3 Å². The van der Waals surface area contributed by atoms with Crippen LogP contribution in [0.25, 0.3) is 11.4 Å². The summed E-state index contributed by atoms with van der Waals surface area (Å²) in [7, 11) is 3.07. The van der Waals surface area contributed by atoms with E-state index >= 15 is 0 Å². The minimum absolute atomic E-state index is 0.0299. The second-order valence-electron chi connectivity index (χ2n) is 9.39. The first-order chi connectivity index (χ1) is 18.4. The molecule has 2 fully saturated rings. The second kappa shape index (κ2) is 10.8. The SMILES string of the molecule is COc1ccc([C@@H]2C(=C(O)c3c(C)nc4ccccn34)C(=O)C(=O)N2CCCN2CCOCC2)cc1OC. The van der Waals surface area contributed by atoms with Crippen molar-refractivity contribution in [1.82, 2.24) is 19.2 Å². The highest BCUT2D eigenvalue weighted by Gasteiger charge is 2.46. The predicted octanol–water partition coefficient (Wildman–Crippen LogP) is 2.80. The van der Waals surface area contributed by atoms with E-state index in [-0.39, 0.29) is 11.3 Å². The average Bonchev–Trinajstić information content (AvgIpc) is 3.41. The third-order valence-electron chi connectivity index (χ3n) is 7.17. The van der Waals surface area contributed by atoms with E-state index in [2.05, 4.69) is 9.88 Å². The van der Waals surface area contributed by atoms with Crippen LogP contribution in [0.15, 0.2) is 48.2 Å². The number of carbonyl (C=O) groups excluding carboxylic acids is 2. The van der Waals surface area contributed by atoms with Gasteiger partial charge in [-0.15, -0.1) is 0 Å². The number of aryl methyl sites for hydroxylation is 1. The summed E-state index contributed by atoms with van der Waals surface area (Å²) < 4.78 is 18.0.